The van der Waals surface area contributed by atoms with Gasteiger partial charge in [0.2, 0.25) is 0 Å². The SMILES string of the molecule is CCOC1CC(NC(=O)N2C[C@@H](O)C[C@H]2C(=O)O)C1. The lowest BCUT2D eigenvalue weighted by Gasteiger charge is -2.36. The van der Waals surface area contributed by atoms with Gasteiger partial charge in [-0.15, -0.1) is 0 Å². The number of nitrogens with one attached hydrogen (secondary N) is 1. The fourth-order valence-corrected chi connectivity index (χ4v) is 2.59. The van der Waals surface area contributed by atoms with Crippen molar-refractivity contribution in [2.75, 3.05) is 13.2 Å². The molecule has 3 N–H and O–H groups in total. The van der Waals surface area contributed by atoms with E-state index in [1.807, 2.05) is 6.92 Å². The van der Waals surface area contributed by atoms with Gasteiger partial charge in [-0.3, -0.25) is 0 Å². The Balaban J connectivity index is 1.81. The number of likely N-dealkylation sites (tertiary alicyclic amines) is 1. The van der Waals surface area contributed by atoms with Gasteiger partial charge >= 0.3 is 12.0 Å². The number of urea groups is 1. The molecule has 2 fully saturated rings. The largest absolute Gasteiger partial charge is 0.480 e. The molecule has 0 aromatic heterocycles. The second-order valence-corrected chi connectivity index (χ2v) is 5.09. The van der Waals surface area contributed by atoms with Gasteiger partial charge in [0.15, 0.2) is 0 Å². The first-order valence-corrected chi connectivity index (χ1v) is 6.60. The van der Waals surface area contributed by atoms with E-state index >= 15 is 0 Å². The molecule has 0 aromatic carbocycles. The summed E-state index contributed by atoms with van der Waals surface area (Å²) in [5, 5.41) is 21.3. The smallest absolute Gasteiger partial charge is 0.326 e. The van der Waals surface area contributed by atoms with Crippen molar-refractivity contribution in [3.63, 3.8) is 0 Å². The molecule has 2 aliphatic rings. The molecule has 1 saturated carbocycles. The van der Waals surface area contributed by atoms with Gasteiger partial charge in [0.1, 0.15) is 6.04 Å². The van der Waals surface area contributed by atoms with Crippen molar-refractivity contribution in [3.8, 4) is 0 Å². The monoisotopic (exact) mass is 272 g/mol. The number of hydrogen-bond donors (Lipinski definition) is 3. The maximum absolute atomic E-state index is 12.0. The maximum atomic E-state index is 12.0. The van der Waals surface area contributed by atoms with Gasteiger partial charge in [0.25, 0.3) is 0 Å². The fourth-order valence-electron chi connectivity index (χ4n) is 2.59. The number of hydrogen-bond acceptors (Lipinski definition) is 4. The van der Waals surface area contributed by atoms with Gasteiger partial charge in [-0.25, -0.2) is 9.59 Å². The first kappa shape index (κ1) is 14.1. The van der Waals surface area contributed by atoms with Crippen LogP contribution in [0.1, 0.15) is 26.2 Å². The predicted molar refractivity (Wildman–Crippen MR) is 65.7 cm³/mol. The molecule has 0 spiro atoms. The average molecular weight is 272 g/mol. The Morgan fingerprint density at radius 1 is 1.37 bits per heavy atom. The molecule has 1 aliphatic carbocycles. The number of carboxylic acid groups (broad SMARTS) is 1. The first-order chi connectivity index (χ1) is 9.01. The van der Waals surface area contributed by atoms with Crippen LogP contribution in [0.4, 0.5) is 4.79 Å². The molecular weight excluding hydrogens is 252 g/mol. The second kappa shape index (κ2) is 5.75. The maximum Gasteiger partial charge on any atom is 0.326 e. The van der Waals surface area contributed by atoms with Crippen molar-refractivity contribution >= 4 is 12.0 Å². The lowest BCUT2D eigenvalue weighted by Crippen LogP contribution is -2.54. The number of aliphatic carboxylic acids is 1. The van der Waals surface area contributed by atoms with Gasteiger partial charge < -0.3 is 25.2 Å². The Hall–Kier alpha value is -1.34. The van der Waals surface area contributed by atoms with Crippen LogP contribution in [0.2, 0.25) is 0 Å². The number of rotatable bonds is 4. The minimum atomic E-state index is -1.08. The van der Waals surface area contributed by atoms with Gasteiger partial charge in [-0.1, -0.05) is 0 Å². The standard InChI is InChI=1S/C12H20N2O5/c1-2-19-9-3-7(4-9)13-12(18)14-6-8(15)5-10(14)11(16)17/h7-10,15H,2-6H2,1H3,(H,13,18)(H,16,17)/t7?,8-,9?,10-/m0/s1. The van der Waals surface area contributed by atoms with E-state index in [4.69, 9.17) is 9.84 Å². The summed E-state index contributed by atoms with van der Waals surface area (Å²) in [6.07, 6.45) is 1.04. The number of amides is 2. The Morgan fingerprint density at radius 2 is 2.05 bits per heavy atom. The van der Waals surface area contributed by atoms with E-state index in [9.17, 15) is 14.7 Å². The van der Waals surface area contributed by atoms with Crippen molar-refractivity contribution in [3.05, 3.63) is 0 Å². The molecule has 7 nitrogen and oxygen atoms in total. The van der Waals surface area contributed by atoms with Crippen molar-refractivity contribution in [2.45, 2.75) is 50.5 Å². The molecule has 0 unspecified atom stereocenters. The number of carboxylic acids is 1. The Bertz CT molecular complexity index is 356. The topological polar surface area (TPSA) is 99.1 Å². The van der Waals surface area contributed by atoms with Crippen LogP contribution in [0.5, 0.6) is 0 Å². The molecule has 0 bridgehead atoms. The molecule has 2 rings (SSSR count). The zero-order valence-electron chi connectivity index (χ0n) is 10.9. The molecule has 1 heterocycles. The van der Waals surface area contributed by atoms with Crippen LogP contribution in [-0.2, 0) is 9.53 Å². The molecular formula is C12H20N2O5. The minimum absolute atomic E-state index is 0.0382. The van der Waals surface area contributed by atoms with E-state index in [0.29, 0.717) is 6.61 Å². The molecule has 1 saturated heterocycles. The van der Waals surface area contributed by atoms with Gasteiger partial charge in [-0.2, -0.15) is 0 Å². The average Bonchev–Trinajstić information content (AvgIpc) is 2.68. The summed E-state index contributed by atoms with van der Waals surface area (Å²) < 4.78 is 5.39. The van der Waals surface area contributed by atoms with E-state index in [1.54, 1.807) is 0 Å². The summed E-state index contributed by atoms with van der Waals surface area (Å²) in [5.41, 5.74) is 0. The van der Waals surface area contributed by atoms with E-state index < -0.39 is 24.1 Å². The number of aliphatic hydroxyl groups excluding tert-OH is 1. The van der Waals surface area contributed by atoms with Crippen LogP contribution in [0.25, 0.3) is 0 Å². The highest BCUT2D eigenvalue weighted by atomic mass is 16.5. The van der Waals surface area contributed by atoms with Gasteiger partial charge in [0.05, 0.1) is 12.2 Å². The number of nitrogens with zero attached hydrogens (tertiary/aromatic N) is 1. The van der Waals surface area contributed by atoms with Gasteiger partial charge in [0, 0.05) is 25.6 Å². The molecule has 1 aliphatic heterocycles. The third-order valence-electron chi connectivity index (χ3n) is 3.65. The number of aliphatic hydroxyl groups is 1. The van der Waals surface area contributed by atoms with E-state index in [0.717, 1.165) is 12.8 Å². The lowest BCUT2D eigenvalue weighted by atomic mass is 9.89. The van der Waals surface area contributed by atoms with Crippen LogP contribution in [0, 0.1) is 0 Å². The molecule has 108 valence electrons. The molecule has 2 atom stereocenters. The third-order valence-corrected chi connectivity index (χ3v) is 3.65. The van der Waals surface area contributed by atoms with Crippen molar-refractivity contribution in [1.29, 1.82) is 0 Å². The highest BCUT2D eigenvalue weighted by Crippen LogP contribution is 2.24. The summed E-state index contributed by atoms with van der Waals surface area (Å²) in [6, 6.07) is -1.31. The zero-order valence-corrected chi connectivity index (χ0v) is 10.9. The van der Waals surface area contributed by atoms with E-state index in [-0.39, 0.29) is 25.1 Å². The normalized spacial score (nSPS) is 33.9. The molecule has 7 heteroatoms. The van der Waals surface area contributed by atoms with Crippen molar-refractivity contribution in [2.24, 2.45) is 0 Å². The lowest BCUT2D eigenvalue weighted by molar-refractivity contribution is -0.141. The Labute approximate surface area is 111 Å². The molecule has 2 amide bonds. The number of carbonyl (C=O) groups is 2. The summed E-state index contributed by atoms with van der Waals surface area (Å²) in [7, 11) is 0. The minimum Gasteiger partial charge on any atom is -0.480 e. The third kappa shape index (κ3) is 3.16. The predicted octanol–water partition coefficient (Wildman–Crippen LogP) is -0.217. The second-order valence-electron chi connectivity index (χ2n) is 5.09. The van der Waals surface area contributed by atoms with E-state index in [1.165, 1.54) is 4.90 Å². The van der Waals surface area contributed by atoms with Crippen LogP contribution in [-0.4, -0.2) is 64.6 Å². The van der Waals surface area contributed by atoms with Crippen LogP contribution >= 0.6 is 0 Å². The summed E-state index contributed by atoms with van der Waals surface area (Å²) in [4.78, 5) is 24.2. The van der Waals surface area contributed by atoms with Crippen LogP contribution in [0.15, 0.2) is 0 Å². The first-order valence-electron chi connectivity index (χ1n) is 6.60. The summed E-state index contributed by atoms with van der Waals surface area (Å²) in [6.45, 7) is 2.66. The van der Waals surface area contributed by atoms with Crippen molar-refractivity contribution < 1.29 is 24.5 Å². The fraction of sp³-hybridized carbons (Fsp3) is 0.833. The summed E-state index contributed by atoms with van der Waals surface area (Å²) >= 11 is 0. The van der Waals surface area contributed by atoms with Crippen molar-refractivity contribution in [1.82, 2.24) is 10.2 Å². The highest BCUT2D eigenvalue weighted by molar-refractivity contribution is 5.83. The quantitative estimate of drug-likeness (QED) is 0.657. The van der Waals surface area contributed by atoms with Gasteiger partial charge in [-0.05, 0) is 19.8 Å². The number of ether oxygens (including phenoxy) is 1. The van der Waals surface area contributed by atoms with Crippen LogP contribution < -0.4 is 5.32 Å². The molecule has 19 heavy (non-hydrogen) atoms. The summed E-state index contributed by atoms with van der Waals surface area (Å²) in [5.74, 6) is -1.08. The number of carbonyl (C=O) groups excluding carboxylic acids is 1. The Kier molecular flexibility index (Phi) is 4.26. The zero-order chi connectivity index (χ0) is 14.0. The van der Waals surface area contributed by atoms with Crippen LogP contribution in [0.3, 0.4) is 0 Å². The van der Waals surface area contributed by atoms with E-state index in [2.05, 4.69) is 5.32 Å². The molecule has 0 radical (unpaired) electrons. The molecule has 0 aromatic rings. The highest BCUT2D eigenvalue weighted by Gasteiger charge is 2.40. The Morgan fingerprint density at radius 3 is 2.63 bits per heavy atom. The number of β-amino-alcohol motifs (C(OH)–C–C–N with tert-alkyl or cyclic N) is 1.